The first-order valence-electron chi connectivity index (χ1n) is 9.56. The number of nitrogens with one attached hydrogen (secondary N) is 1. The van der Waals surface area contributed by atoms with Crippen molar-refractivity contribution in [3.05, 3.63) is 24.3 Å². The molecule has 1 aromatic carbocycles. The molecule has 0 spiro atoms. The second kappa shape index (κ2) is 12.4. The van der Waals surface area contributed by atoms with Crippen molar-refractivity contribution in [2.24, 2.45) is 10.9 Å². The fourth-order valence-electron chi connectivity index (χ4n) is 3.04. The third kappa shape index (κ3) is 7.64. The Kier molecular flexibility index (Phi) is 9.79. The third-order valence-corrected chi connectivity index (χ3v) is 4.50. The van der Waals surface area contributed by atoms with Crippen molar-refractivity contribution < 1.29 is 18.9 Å². The highest BCUT2D eigenvalue weighted by atomic mass is 16.5. The Morgan fingerprint density at radius 2 is 2.07 bits per heavy atom. The van der Waals surface area contributed by atoms with Gasteiger partial charge in [0.1, 0.15) is 11.5 Å². The first-order chi connectivity index (χ1) is 13.3. The predicted molar refractivity (Wildman–Crippen MR) is 107 cm³/mol. The largest absolute Gasteiger partial charge is 0.497 e. The van der Waals surface area contributed by atoms with Crippen LogP contribution in [-0.2, 0) is 9.47 Å². The van der Waals surface area contributed by atoms with Crippen LogP contribution in [0.25, 0.3) is 0 Å². The second-order valence-electron chi connectivity index (χ2n) is 6.52. The van der Waals surface area contributed by atoms with E-state index >= 15 is 0 Å². The number of guanidine groups is 1. The summed E-state index contributed by atoms with van der Waals surface area (Å²) >= 11 is 0. The molecule has 0 radical (unpaired) electrons. The van der Waals surface area contributed by atoms with Gasteiger partial charge in [-0.15, -0.1) is 0 Å². The van der Waals surface area contributed by atoms with Gasteiger partial charge in [-0.25, -0.2) is 0 Å². The van der Waals surface area contributed by atoms with Crippen LogP contribution in [0.5, 0.6) is 11.5 Å². The Morgan fingerprint density at radius 1 is 1.22 bits per heavy atom. The van der Waals surface area contributed by atoms with Gasteiger partial charge in [0, 0.05) is 45.8 Å². The highest BCUT2D eigenvalue weighted by Gasteiger charge is 2.24. The molecule has 0 aromatic heterocycles. The Hall–Kier alpha value is -1.99. The summed E-state index contributed by atoms with van der Waals surface area (Å²) in [4.78, 5) is 6.70. The number of hydrogen-bond acceptors (Lipinski definition) is 5. The van der Waals surface area contributed by atoms with Crippen LogP contribution in [0.2, 0.25) is 0 Å². The number of aliphatic imine (C=N–C) groups is 1. The molecule has 1 heterocycles. The zero-order valence-electron chi connectivity index (χ0n) is 16.8. The van der Waals surface area contributed by atoms with Crippen LogP contribution < -0.4 is 14.8 Å². The SMILES string of the molecule is CN=C(NCCCOc1cccc(OC)c1)N1CCC(COCCOC)C1. The summed E-state index contributed by atoms with van der Waals surface area (Å²) in [5.74, 6) is 3.14. The lowest BCUT2D eigenvalue weighted by atomic mass is 10.1. The van der Waals surface area contributed by atoms with Gasteiger partial charge in [-0.05, 0) is 25.0 Å². The van der Waals surface area contributed by atoms with Crippen molar-refractivity contribution in [3.63, 3.8) is 0 Å². The summed E-state index contributed by atoms with van der Waals surface area (Å²) in [6.07, 6.45) is 2.03. The Labute approximate surface area is 162 Å². The summed E-state index contributed by atoms with van der Waals surface area (Å²) in [5.41, 5.74) is 0. The second-order valence-corrected chi connectivity index (χ2v) is 6.52. The van der Waals surface area contributed by atoms with Gasteiger partial charge >= 0.3 is 0 Å². The molecule has 0 bridgehead atoms. The molecule has 1 aromatic rings. The topological polar surface area (TPSA) is 64.6 Å². The number of likely N-dealkylation sites (tertiary alicyclic amines) is 1. The van der Waals surface area contributed by atoms with Gasteiger partial charge in [-0.1, -0.05) is 6.07 Å². The van der Waals surface area contributed by atoms with E-state index in [2.05, 4.69) is 15.2 Å². The van der Waals surface area contributed by atoms with Crippen LogP contribution in [0.1, 0.15) is 12.8 Å². The van der Waals surface area contributed by atoms with E-state index in [1.165, 1.54) is 0 Å². The van der Waals surface area contributed by atoms with Gasteiger partial charge in [0.05, 0.1) is 33.5 Å². The molecule has 27 heavy (non-hydrogen) atoms. The standard InChI is InChI=1S/C20H33N3O4/c1-21-20(23-10-8-17(15-23)16-26-13-12-24-2)22-9-5-11-27-19-7-4-6-18(14-19)25-3/h4,6-7,14,17H,5,8-13,15-16H2,1-3H3,(H,21,22). The molecule has 7 heteroatoms. The maximum absolute atomic E-state index is 5.77. The molecule has 1 unspecified atom stereocenters. The van der Waals surface area contributed by atoms with E-state index in [1.54, 1.807) is 14.2 Å². The summed E-state index contributed by atoms with van der Waals surface area (Å²) in [5, 5.41) is 3.43. The van der Waals surface area contributed by atoms with Gasteiger partial charge in [0.2, 0.25) is 0 Å². The van der Waals surface area contributed by atoms with E-state index in [0.717, 1.165) is 56.5 Å². The Balaban J connectivity index is 1.61. The molecule has 0 saturated carbocycles. The van der Waals surface area contributed by atoms with Crippen LogP contribution >= 0.6 is 0 Å². The van der Waals surface area contributed by atoms with Crippen LogP contribution in [0, 0.1) is 5.92 Å². The average molecular weight is 380 g/mol. The average Bonchev–Trinajstić information content (AvgIpc) is 3.17. The van der Waals surface area contributed by atoms with Gasteiger partial charge in [-0.3, -0.25) is 4.99 Å². The Morgan fingerprint density at radius 3 is 2.85 bits per heavy atom. The maximum atomic E-state index is 5.77. The molecule has 0 aliphatic carbocycles. The van der Waals surface area contributed by atoms with E-state index < -0.39 is 0 Å². The zero-order valence-corrected chi connectivity index (χ0v) is 16.8. The summed E-state index contributed by atoms with van der Waals surface area (Å²) in [7, 11) is 5.18. The summed E-state index contributed by atoms with van der Waals surface area (Å²) in [6.45, 7) is 5.55. The number of methoxy groups -OCH3 is 2. The van der Waals surface area contributed by atoms with Crippen molar-refractivity contribution >= 4 is 5.96 Å². The molecule has 2 rings (SSSR count). The van der Waals surface area contributed by atoms with E-state index in [0.29, 0.717) is 25.7 Å². The first-order valence-corrected chi connectivity index (χ1v) is 9.56. The van der Waals surface area contributed by atoms with Crippen LogP contribution in [0.3, 0.4) is 0 Å². The number of rotatable bonds is 11. The number of ether oxygens (including phenoxy) is 4. The summed E-state index contributed by atoms with van der Waals surface area (Å²) < 4.78 is 21.6. The van der Waals surface area contributed by atoms with E-state index in [1.807, 2.05) is 31.3 Å². The van der Waals surface area contributed by atoms with Gasteiger partial charge in [0.15, 0.2) is 5.96 Å². The minimum absolute atomic E-state index is 0.553. The number of nitrogens with zero attached hydrogens (tertiary/aromatic N) is 2. The molecule has 0 amide bonds. The summed E-state index contributed by atoms with van der Waals surface area (Å²) in [6, 6.07) is 7.67. The molecule has 1 atom stereocenters. The van der Waals surface area contributed by atoms with Crippen LogP contribution in [0.4, 0.5) is 0 Å². The lowest BCUT2D eigenvalue weighted by molar-refractivity contribution is 0.0536. The van der Waals surface area contributed by atoms with E-state index in [4.69, 9.17) is 18.9 Å². The molecule has 1 saturated heterocycles. The Bertz CT molecular complexity index is 568. The van der Waals surface area contributed by atoms with Crippen LogP contribution in [0.15, 0.2) is 29.3 Å². The molecule has 1 N–H and O–H groups in total. The minimum Gasteiger partial charge on any atom is -0.497 e. The molecule has 1 fully saturated rings. The number of benzene rings is 1. The van der Waals surface area contributed by atoms with E-state index in [-0.39, 0.29) is 0 Å². The minimum atomic E-state index is 0.553. The maximum Gasteiger partial charge on any atom is 0.193 e. The fourth-order valence-corrected chi connectivity index (χ4v) is 3.04. The van der Waals surface area contributed by atoms with Crippen molar-refractivity contribution in [1.29, 1.82) is 0 Å². The quantitative estimate of drug-likeness (QED) is 0.361. The third-order valence-electron chi connectivity index (χ3n) is 4.50. The molecule has 1 aliphatic rings. The van der Waals surface area contributed by atoms with Crippen molar-refractivity contribution in [1.82, 2.24) is 10.2 Å². The predicted octanol–water partition coefficient (Wildman–Crippen LogP) is 2.02. The van der Waals surface area contributed by atoms with Gasteiger partial charge < -0.3 is 29.2 Å². The molecule has 152 valence electrons. The van der Waals surface area contributed by atoms with Crippen molar-refractivity contribution in [2.75, 3.05) is 67.3 Å². The highest BCUT2D eigenvalue weighted by Crippen LogP contribution is 2.19. The van der Waals surface area contributed by atoms with Gasteiger partial charge in [0.25, 0.3) is 0 Å². The molecule has 7 nitrogen and oxygen atoms in total. The normalized spacial score (nSPS) is 17.2. The first kappa shape index (κ1) is 21.3. The van der Waals surface area contributed by atoms with Gasteiger partial charge in [-0.2, -0.15) is 0 Å². The molecular formula is C20H33N3O4. The molecule has 1 aliphatic heterocycles. The van der Waals surface area contributed by atoms with E-state index in [9.17, 15) is 0 Å². The number of hydrogen-bond donors (Lipinski definition) is 1. The lowest BCUT2D eigenvalue weighted by Crippen LogP contribution is -2.40. The lowest BCUT2D eigenvalue weighted by Gasteiger charge is -2.21. The monoisotopic (exact) mass is 379 g/mol. The van der Waals surface area contributed by atoms with Crippen LogP contribution in [-0.4, -0.2) is 78.2 Å². The fraction of sp³-hybridized carbons (Fsp3) is 0.650. The molecular weight excluding hydrogens is 346 g/mol. The highest BCUT2D eigenvalue weighted by molar-refractivity contribution is 5.80. The zero-order chi connectivity index (χ0) is 19.3. The smallest absolute Gasteiger partial charge is 0.193 e. The van der Waals surface area contributed by atoms with Crippen molar-refractivity contribution in [3.8, 4) is 11.5 Å². The van der Waals surface area contributed by atoms with Crippen molar-refractivity contribution in [2.45, 2.75) is 12.8 Å².